The maximum atomic E-state index is 5.79. The number of hydrogen-bond acceptors (Lipinski definition) is 3. The van der Waals surface area contributed by atoms with Crippen LogP contribution in [0, 0.1) is 0 Å². The zero-order valence-electron chi connectivity index (χ0n) is 11.7. The van der Waals surface area contributed by atoms with E-state index in [4.69, 9.17) is 4.74 Å². The van der Waals surface area contributed by atoms with Gasteiger partial charge >= 0.3 is 0 Å². The molecule has 0 saturated heterocycles. The van der Waals surface area contributed by atoms with Gasteiger partial charge in [0.05, 0.1) is 5.69 Å². The molecule has 0 saturated carbocycles. The predicted molar refractivity (Wildman–Crippen MR) is 78.4 cm³/mol. The van der Waals surface area contributed by atoms with Crippen LogP contribution in [0.3, 0.4) is 0 Å². The normalized spacial score (nSPS) is 11.1. The monoisotopic (exact) mass is 256 g/mol. The number of nitrogens with one attached hydrogen (secondary N) is 1. The Morgan fingerprint density at radius 3 is 2.42 bits per heavy atom. The fourth-order valence-corrected chi connectivity index (χ4v) is 1.70. The minimum Gasteiger partial charge on any atom is -0.488 e. The van der Waals surface area contributed by atoms with Crippen LogP contribution in [0.5, 0.6) is 5.75 Å². The first-order valence-corrected chi connectivity index (χ1v) is 6.45. The lowest BCUT2D eigenvalue weighted by Gasteiger charge is -2.21. The average Bonchev–Trinajstić information content (AvgIpc) is 2.37. The van der Waals surface area contributed by atoms with Crippen molar-refractivity contribution >= 4 is 5.69 Å². The molecule has 2 rings (SSSR count). The predicted octanol–water partition coefficient (Wildman–Crippen LogP) is 3.87. The molecule has 3 nitrogen and oxygen atoms in total. The third kappa shape index (κ3) is 4.62. The van der Waals surface area contributed by atoms with Crippen LogP contribution in [0.15, 0.2) is 48.8 Å². The zero-order chi connectivity index (χ0) is 13.7. The Morgan fingerprint density at radius 1 is 1.11 bits per heavy atom. The van der Waals surface area contributed by atoms with Crippen molar-refractivity contribution in [2.45, 2.75) is 32.9 Å². The quantitative estimate of drug-likeness (QED) is 0.901. The van der Waals surface area contributed by atoms with E-state index < -0.39 is 0 Å². The lowest BCUT2D eigenvalue weighted by molar-refractivity contribution is 0.131. The standard InChI is InChI=1S/C16H20N2O/c1-16(2,3)19-15-8-6-13(7-9-15)11-18-14-5-4-10-17-12-14/h4-10,12,18H,11H2,1-3H3. The van der Waals surface area contributed by atoms with Crippen LogP contribution in [0.2, 0.25) is 0 Å². The number of aromatic nitrogens is 1. The Bertz CT molecular complexity index is 501. The molecule has 0 aliphatic rings. The summed E-state index contributed by atoms with van der Waals surface area (Å²) in [5.41, 5.74) is 2.08. The van der Waals surface area contributed by atoms with Crippen molar-refractivity contribution in [1.82, 2.24) is 4.98 Å². The molecule has 0 aliphatic carbocycles. The third-order valence-electron chi connectivity index (χ3n) is 2.51. The van der Waals surface area contributed by atoms with Gasteiger partial charge in [0.1, 0.15) is 11.4 Å². The Kier molecular flexibility index (Phi) is 4.05. The molecule has 0 radical (unpaired) electrons. The summed E-state index contributed by atoms with van der Waals surface area (Å²) in [6, 6.07) is 12.1. The fraction of sp³-hybridized carbons (Fsp3) is 0.312. The van der Waals surface area contributed by atoms with Gasteiger partial charge in [0, 0.05) is 18.9 Å². The second-order valence-electron chi connectivity index (χ2n) is 5.45. The highest BCUT2D eigenvalue weighted by Crippen LogP contribution is 2.18. The van der Waals surface area contributed by atoms with Crippen LogP contribution in [-0.4, -0.2) is 10.6 Å². The van der Waals surface area contributed by atoms with Gasteiger partial charge in [-0.2, -0.15) is 0 Å². The molecule has 0 amide bonds. The molecular formula is C16H20N2O. The minimum absolute atomic E-state index is 0.157. The van der Waals surface area contributed by atoms with E-state index in [1.807, 2.05) is 51.2 Å². The first-order chi connectivity index (χ1) is 9.03. The molecule has 3 heteroatoms. The van der Waals surface area contributed by atoms with Crippen LogP contribution in [0.4, 0.5) is 5.69 Å². The number of benzene rings is 1. The van der Waals surface area contributed by atoms with E-state index in [1.54, 1.807) is 6.20 Å². The van der Waals surface area contributed by atoms with Gasteiger partial charge in [-0.15, -0.1) is 0 Å². The summed E-state index contributed by atoms with van der Waals surface area (Å²) in [5, 5.41) is 3.33. The van der Waals surface area contributed by atoms with Crippen LogP contribution in [0.1, 0.15) is 26.3 Å². The maximum Gasteiger partial charge on any atom is 0.120 e. The molecule has 19 heavy (non-hydrogen) atoms. The van der Waals surface area contributed by atoms with Crippen molar-refractivity contribution in [1.29, 1.82) is 0 Å². The van der Waals surface area contributed by atoms with Crippen LogP contribution < -0.4 is 10.1 Å². The van der Waals surface area contributed by atoms with Crippen molar-refractivity contribution in [3.8, 4) is 5.75 Å². The summed E-state index contributed by atoms with van der Waals surface area (Å²) in [7, 11) is 0. The number of rotatable bonds is 4. The fourth-order valence-electron chi connectivity index (χ4n) is 1.70. The highest BCUT2D eigenvalue weighted by Gasteiger charge is 2.11. The topological polar surface area (TPSA) is 34.1 Å². The number of nitrogens with zero attached hydrogens (tertiary/aromatic N) is 1. The Morgan fingerprint density at radius 2 is 1.84 bits per heavy atom. The highest BCUT2D eigenvalue weighted by molar-refractivity contribution is 5.41. The van der Waals surface area contributed by atoms with E-state index in [-0.39, 0.29) is 5.60 Å². The number of ether oxygens (including phenoxy) is 1. The van der Waals surface area contributed by atoms with E-state index in [1.165, 1.54) is 5.56 Å². The molecule has 0 atom stereocenters. The number of pyridine rings is 1. The van der Waals surface area contributed by atoms with Gasteiger partial charge in [0.2, 0.25) is 0 Å². The Balaban J connectivity index is 1.92. The first-order valence-electron chi connectivity index (χ1n) is 6.45. The van der Waals surface area contributed by atoms with Crippen molar-refractivity contribution in [2.75, 3.05) is 5.32 Å². The molecule has 0 fully saturated rings. The van der Waals surface area contributed by atoms with E-state index in [0.29, 0.717) is 0 Å². The lowest BCUT2D eigenvalue weighted by Crippen LogP contribution is -2.22. The van der Waals surface area contributed by atoms with Gasteiger partial charge in [-0.3, -0.25) is 4.98 Å². The molecule has 1 heterocycles. The van der Waals surface area contributed by atoms with E-state index in [0.717, 1.165) is 18.0 Å². The van der Waals surface area contributed by atoms with Crippen molar-refractivity contribution < 1.29 is 4.74 Å². The molecule has 2 aromatic rings. The van der Waals surface area contributed by atoms with Crippen molar-refractivity contribution in [2.24, 2.45) is 0 Å². The van der Waals surface area contributed by atoms with E-state index in [2.05, 4.69) is 22.4 Å². The Hall–Kier alpha value is -2.03. The highest BCUT2D eigenvalue weighted by atomic mass is 16.5. The summed E-state index contributed by atoms with van der Waals surface area (Å²) in [6.07, 6.45) is 3.58. The summed E-state index contributed by atoms with van der Waals surface area (Å²) >= 11 is 0. The van der Waals surface area contributed by atoms with Gasteiger partial charge in [0.15, 0.2) is 0 Å². The van der Waals surface area contributed by atoms with E-state index in [9.17, 15) is 0 Å². The van der Waals surface area contributed by atoms with Crippen LogP contribution >= 0.6 is 0 Å². The van der Waals surface area contributed by atoms with E-state index >= 15 is 0 Å². The van der Waals surface area contributed by atoms with Gasteiger partial charge < -0.3 is 10.1 Å². The summed E-state index contributed by atoms with van der Waals surface area (Å²) in [4.78, 5) is 4.07. The van der Waals surface area contributed by atoms with Gasteiger partial charge in [-0.05, 0) is 50.6 Å². The summed E-state index contributed by atoms with van der Waals surface area (Å²) < 4.78 is 5.79. The Labute approximate surface area is 114 Å². The number of anilines is 1. The molecule has 100 valence electrons. The van der Waals surface area contributed by atoms with Crippen molar-refractivity contribution in [3.05, 3.63) is 54.4 Å². The van der Waals surface area contributed by atoms with Gasteiger partial charge in [-0.1, -0.05) is 12.1 Å². The molecule has 1 N–H and O–H groups in total. The zero-order valence-corrected chi connectivity index (χ0v) is 11.7. The molecule has 1 aromatic carbocycles. The second-order valence-corrected chi connectivity index (χ2v) is 5.45. The third-order valence-corrected chi connectivity index (χ3v) is 2.51. The summed E-state index contributed by atoms with van der Waals surface area (Å²) in [5.74, 6) is 0.901. The molecule has 0 aliphatic heterocycles. The SMILES string of the molecule is CC(C)(C)Oc1ccc(CNc2cccnc2)cc1. The van der Waals surface area contributed by atoms with Gasteiger partial charge in [-0.25, -0.2) is 0 Å². The maximum absolute atomic E-state index is 5.79. The number of hydrogen-bond donors (Lipinski definition) is 1. The second kappa shape index (κ2) is 5.74. The summed E-state index contributed by atoms with van der Waals surface area (Å²) in [6.45, 7) is 6.92. The van der Waals surface area contributed by atoms with Crippen molar-refractivity contribution in [3.63, 3.8) is 0 Å². The molecular weight excluding hydrogens is 236 g/mol. The molecule has 0 bridgehead atoms. The molecule has 1 aromatic heterocycles. The van der Waals surface area contributed by atoms with Gasteiger partial charge in [0.25, 0.3) is 0 Å². The largest absolute Gasteiger partial charge is 0.488 e. The average molecular weight is 256 g/mol. The minimum atomic E-state index is -0.157. The first kappa shape index (κ1) is 13.4. The van der Waals surface area contributed by atoms with Crippen LogP contribution in [-0.2, 0) is 6.54 Å². The van der Waals surface area contributed by atoms with Crippen LogP contribution in [0.25, 0.3) is 0 Å². The smallest absolute Gasteiger partial charge is 0.120 e. The molecule has 0 unspecified atom stereocenters. The molecule has 0 spiro atoms. The lowest BCUT2D eigenvalue weighted by atomic mass is 10.1.